The summed E-state index contributed by atoms with van der Waals surface area (Å²) in [5, 5.41) is 33.0. The summed E-state index contributed by atoms with van der Waals surface area (Å²) >= 11 is 36.2. The van der Waals surface area contributed by atoms with E-state index >= 15 is 0 Å². The Morgan fingerprint density at radius 2 is 0.600 bits per heavy atom. The van der Waals surface area contributed by atoms with E-state index in [1.165, 1.54) is 0 Å². The summed E-state index contributed by atoms with van der Waals surface area (Å²) in [6.45, 7) is 0. The molecule has 0 fully saturated rings. The van der Waals surface area contributed by atoms with E-state index in [1.54, 1.807) is 0 Å². The molecule has 30 heavy (non-hydrogen) atoms. The highest BCUT2D eigenvalue weighted by atomic mass is 35.5. The molecule has 0 aliphatic carbocycles. The van der Waals surface area contributed by atoms with Crippen molar-refractivity contribution in [3.05, 3.63) is 52.4 Å². The normalized spacial score (nSPS) is 10.7. The first-order chi connectivity index (χ1) is 13.7. The third-order valence-electron chi connectivity index (χ3n) is 3.75. The van der Waals surface area contributed by atoms with Crippen molar-refractivity contribution in [3.63, 3.8) is 0 Å². The van der Waals surface area contributed by atoms with Crippen LogP contribution in [0.15, 0.2) is 0 Å². The first kappa shape index (κ1) is 24.3. The minimum Gasteiger partial charge on any atom is -0.478 e. The molecule has 2 rings (SSSR count). The Labute approximate surface area is 196 Å². The summed E-state index contributed by atoms with van der Waals surface area (Å²) in [5.74, 6) is -7.15. The fraction of sp³-hybridized carbons (Fsp3) is 0. The summed E-state index contributed by atoms with van der Waals surface area (Å²) in [5.41, 5.74) is -4.97. The third kappa shape index (κ3) is 3.75. The molecule has 0 atom stereocenters. The molecule has 158 valence electrons. The topological polar surface area (TPSA) is 149 Å². The van der Waals surface area contributed by atoms with Crippen molar-refractivity contribution in [3.8, 4) is 11.1 Å². The van der Waals surface area contributed by atoms with Crippen LogP contribution in [0.4, 0.5) is 0 Å². The quantitative estimate of drug-likeness (QED) is 0.336. The fourth-order valence-corrected chi connectivity index (χ4v) is 4.49. The average Bonchev–Trinajstić information content (AvgIpc) is 2.61. The Balaban J connectivity index is 3.22. The molecule has 2 aromatic carbocycles. The zero-order chi connectivity index (χ0) is 23.2. The number of carboxylic acid groups (broad SMARTS) is 4. The lowest BCUT2D eigenvalue weighted by molar-refractivity contribution is 0.0651. The van der Waals surface area contributed by atoms with Gasteiger partial charge in [0, 0.05) is 11.1 Å². The molecule has 0 amide bonds. The highest BCUT2D eigenvalue weighted by Gasteiger charge is 2.35. The van der Waals surface area contributed by atoms with E-state index in [1.807, 2.05) is 0 Å². The van der Waals surface area contributed by atoms with E-state index < -0.39 is 87.4 Å². The predicted octanol–water partition coefficient (Wildman–Crippen LogP) is 6.07. The lowest BCUT2D eigenvalue weighted by atomic mass is 9.94. The van der Waals surface area contributed by atoms with Crippen molar-refractivity contribution < 1.29 is 39.6 Å². The number of carbonyl (C=O) groups is 4. The molecule has 4 N–H and O–H groups in total. The molecule has 0 aromatic heterocycles. The number of hydrogen-bond donors (Lipinski definition) is 4. The van der Waals surface area contributed by atoms with Crippen molar-refractivity contribution in [2.45, 2.75) is 0 Å². The van der Waals surface area contributed by atoms with Gasteiger partial charge in [-0.25, -0.2) is 19.2 Å². The largest absolute Gasteiger partial charge is 0.478 e. The molecule has 0 heterocycles. The van der Waals surface area contributed by atoms with Gasteiger partial charge in [-0.2, -0.15) is 0 Å². The number of rotatable bonds is 5. The van der Waals surface area contributed by atoms with Gasteiger partial charge in [0.15, 0.2) is 0 Å². The minimum absolute atomic E-state index is 0.554. The molecule has 0 saturated heterocycles. The van der Waals surface area contributed by atoms with Crippen LogP contribution in [0.2, 0.25) is 30.1 Å². The highest BCUT2D eigenvalue weighted by molar-refractivity contribution is 6.53. The second-order valence-corrected chi connectivity index (χ2v) is 7.62. The van der Waals surface area contributed by atoms with Gasteiger partial charge >= 0.3 is 23.9 Å². The maximum absolute atomic E-state index is 11.6. The fourth-order valence-electron chi connectivity index (χ4n) is 2.56. The number of carboxylic acids is 4. The second kappa shape index (κ2) is 8.66. The molecule has 8 nitrogen and oxygen atoms in total. The molecule has 0 radical (unpaired) electrons. The zero-order valence-corrected chi connectivity index (χ0v) is 18.2. The van der Waals surface area contributed by atoms with Gasteiger partial charge in [0.2, 0.25) is 0 Å². The first-order valence-electron chi connectivity index (χ1n) is 7.09. The SMILES string of the molecule is O=C(O)c1c(Cl)c(Cl)c(-c2c(Cl)c(Cl)c(C(=O)O)c(C(=O)O)c2Cl)c(Cl)c1C(=O)O. The van der Waals surface area contributed by atoms with Crippen LogP contribution in [0.3, 0.4) is 0 Å². The minimum atomic E-state index is -1.81. The van der Waals surface area contributed by atoms with Crippen LogP contribution in [-0.2, 0) is 0 Å². The molecular formula is C16H4Cl6O8. The summed E-state index contributed by atoms with van der Waals surface area (Å²) in [7, 11) is 0. The Morgan fingerprint density at radius 1 is 0.400 bits per heavy atom. The van der Waals surface area contributed by atoms with Crippen molar-refractivity contribution in [1.29, 1.82) is 0 Å². The first-order valence-corrected chi connectivity index (χ1v) is 9.36. The van der Waals surface area contributed by atoms with E-state index in [0.29, 0.717) is 0 Å². The van der Waals surface area contributed by atoms with Crippen molar-refractivity contribution in [1.82, 2.24) is 0 Å². The number of halogens is 6. The van der Waals surface area contributed by atoms with E-state index in [2.05, 4.69) is 0 Å². The molecule has 2 aromatic rings. The van der Waals surface area contributed by atoms with Crippen LogP contribution in [0.25, 0.3) is 11.1 Å². The lowest BCUT2D eigenvalue weighted by Gasteiger charge is -2.19. The molecule has 0 aliphatic heterocycles. The Bertz CT molecular complexity index is 1080. The summed E-state index contributed by atoms with van der Waals surface area (Å²) in [6, 6.07) is 0. The molecular weight excluding hydrogens is 533 g/mol. The summed E-state index contributed by atoms with van der Waals surface area (Å²) < 4.78 is 0. The van der Waals surface area contributed by atoms with Gasteiger partial charge in [-0.3, -0.25) is 0 Å². The van der Waals surface area contributed by atoms with Crippen LogP contribution >= 0.6 is 69.6 Å². The van der Waals surface area contributed by atoms with Crippen LogP contribution in [0, 0.1) is 0 Å². The van der Waals surface area contributed by atoms with E-state index in [4.69, 9.17) is 69.6 Å². The van der Waals surface area contributed by atoms with Crippen LogP contribution < -0.4 is 0 Å². The van der Waals surface area contributed by atoms with Gasteiger partial charge in [0.05, 0.1) is 52.4 Å². The average molecular weight is 537 g/mol. The number of hydrogen-bond acceptors (Lipinski definition) is 4. The lowest BCUT2D eigenvalue weighted by Crippen LogP contribution is -2.13. The maximum Gasteiger partial charge on any atom is 0.338 e. The molecule has 0 bridgehead atoms. The smallest absolute Gasteiger partial charge is 0.338 e. The Morgan fingerprint density at radius 3 is 0.800 bits per heavy atom. The number of aromatic carboxylic acids is 4. The molecule has 0 spiro atoms. The Hall–Kier alpha value is -1.94. The van der Waals surface area contributed by atoms with Crippen molar-refractivity contribution in [2.75, 3.05) is 0 Å². The molecule has 0 aliphatic rings. The monoisotopic (exact) mass is 534 g/mol. The Kier molecular flexibility index (Phi) is 7.03. The maximum atomic E-state index is 11.6. The zero-order valence-electron chi connectivity index (χ0n) is 13.7. The van der Waals surface area contributed by atoms with Crippen molar-refractivity contribution in [2.24, 2.45) is 0 Å². The third-order valence-corrected chi connectivity index (χ3v) is 6.21. The van der Waals surface area contributed by atoms with Crippen LogP contribution in [0.1, 0.15) is 41.4 Å². The van der Waals surface area contributed by atoms with Gasteiger partial charge in [0.1, 0.15) is 0 Å². The second-order valence-electron chi connectivity index (χ2n) is 5.35. The van der Waals surface area contributed by atoms with Gasteiger partial charge in [-0.15, -0.1) is 0 Å². The highest BCUT2D eigenvalue weighted by Crippen LogP contribution is 2.51. The van der Waals surface area contributed by atoms with E-state index in [9.17, 15) is 39.6 Å². The van der Waals surface area contributed by atoms with Gasteiger partial charge in [-0.1, -0.05) is 69.6 Å². The van der Waals surface area contributed by atoms with Gasteiger partial charge in [0.25, 0.3) is 0 Å². The van der Waals surface area contributed by atoms with Crippen LogP contribution in [-0.4, -0.2) is 44.3 Å². The van der Waals surface area contributed by atoms with E-state index in [0.717, 1.165) is 0 Å². The van der Waals surface area contributed by atoms with Gasteiger partial charge in [-0.05, 0) is 0 Å². The standard InChI is InChI=1S/C16H4Cl6O8/c17-7-1(9(19)11(21)5(15(27)28)3(7)13(23)24)2-8(18)4(14(25)26)6(16(29)30)12(22)10(2)20/h(H,23,24)(H,25,26)(H,27,28)(H,29,30). The van der Waals surface area contributed by atoms with E-state index in [-0.39, 0.29) is 0 Å². The summed E-state index contributed by atoms with van der Waals surface area (Å²) in [4.78, 5) is 46.2. The molecule has 14 heteroatoms. The van der Waals surface area contributed by atoms with Gasteiger partial charge < -0.3 is 20.4 Å². The molecule has 0 unspecified atom stereocenters. The number of benzene rings is 2. The van der Waals surface area contributed by atoms with Crippen molar-refractivity contribution >= 4 is 93.5 Å². The molecule has 0 saturated carbocycles. The van der Waals surface area contributed by atoms with Crippen LogP contribution in [0.5, 0.6) is 0 Å². The summed E-state index contributed by atoms with van der Waals surface area (Å²) in [6.07, 6.45) is 0. The predicted molar refractivity (Wildman–Crippen MR) is 110 cm³/mol.